The molecule has 0 amide bonds. The van der Waals surface area contributed by atoms with E-state index in [9.17, 15) is 9.59 Å². The number of rotatable bonds is 4. The van der Waals surface area contributed by atoms with Crippen LogP contribution in [-0.4, -0.2) is 32.1 Å². The topological polar surface area (TPSA) is 100 Å². The second-order valence-electron chi connectivity index (χ2n) is 2.55. The SMILES string of the molecule is O=C(O)CCCC(=O)O.c1cncnc1. The highest BCUT2D eigenvalue weighted by Gasteiger charge is 1.99. The molecule has 6 nitrogen and oxygen atoms in total. The summed E-state index contributed by atoms with van der Waals surface area (Å²) < 4.78 is 0. The molecule has 0 spiro atoms. The van der Waals surface area contributed by atoms with Crippen LogP contribution in [0.5, 0.6) is 0 Å². The van der Waals surface area contributed by atoms with Gasteiger partial charge in [-0.05, 0) is 12.5 Å². The summed E-state index contributed by atoms with van der Waals surface area (Å²) in [7, 11) is 0. The molecule has 15 heavy (non-hydrogen) atoms. The highest BCUT2D eigenvalue weighted by atomic mass is 16.4. The van der Waals surface area contributed by atoms with Crippen LogP contribution in [0.25, 0.3) is 0 Å². The summed E-state index contributed by atoms with van der Waals surface area (Å²) in [6.07, 6.45) is 4.96. The third kappa shape index (κ3) is 12.0. The highest BCUT2D eigenvalue weighted by Crippen LogP contribution is 1.93. The van der Waals surface area contributed by atoms with Gasteiger partial charge in [0.1, 0.15) is 6.33 Å². The molecule has 6 heteroatoms. The quantitative estimate of drug-likeness (QED) is 0.765. The van der Waals surface area contributed by atoms with Crippen LogP contribution in [0.1, 0.15) is 19.3 Å². The first-order valence-corrected chi connectivity index (χ1v) is 4.26. The van der Waals surface area contributed by atoms with Crippen LogP contribution in [0, 0.1) is 0 Å². The maximum atomic E-state index is 9.79. The van der Waals surface area contributed by atoms with Gasteiger partial charge >= 0.3 is 11.9 Å². The fourth-order valence-electron chi connectivity index (χ4n) is 0.644. The largest absolute Gasteiger partial charge is 0.481 e. The summed E-state index contributed by atoms with van der Waals surface area (Å²) in [6.45, 7) is 0. The van der Waals surface area contributed by atoms with Gasteiger partial charge in [-0.15, -0.1) is 0 Å². The molecular formula is C9H12N2O4. The Morgan fingerprint density at radius 3 is 1.67 bits per heavy atom. The number of carboxylic acid groups (broad SMARTS) is 2. The van der Waals surface area contributed by atoms with Gasteiger partial charge in [0.05, 0.1) is 0 Å². The standard InChI is InChI=1S/C5H8O4.C4H4N2/c6-4(7)2-1-3-5(8)9;1-2-5-4-6-3-1/h1-3H2,(H,6,7)(H,8,9);1-4H. The minimum atomic E-state index is -0.948. The molecule has 0 saturated carbocycles. The summed E-state index contributed by atoms with van der Waals surface area (Å²) in [5.74, 6) is -1.90. The first-order valence-electron chi connectivity index (χ1n) is 4.26. The summed E-state index contributed by atoms with van der Waals surface area (Å²) in [4.78, 5) is 26.9. The number of carboxylic acids is 2. The van der Waals surface area contributed by atoms with Gasteiger partial charge in [-0.2, -0.15) is 0 Å². The van der Waals surface area contributed by atoms with Crippen molar-refractivity contribution < 1.29 is 19.8 Å². The smallest absolute Gasteiger partial charge is 0.303 e. The molecule has 1 heterocycles. The van der Waals surface area contributed by atoms with E-state index in [1.807, 2.05) is 0 Å². The van der Waals surface area contributed by atoms with E-state index in [-0.39, 0.29) is 19.3 Å². The van der Waals surface area contributed by atoms with Gasteiger partial charge in [0, 0.05) is 25.2 Å². The molecule has 0 aliphatic carbocycles. The van der Waals surface area contributed by atoms with Crippen LogP contribution in [-0.2, 0) is 9.59 Å². The molecule has 2 N–H and O–H groups in total. The predicted octanol–water partition coefficient (Wildman–Crippen LogP) is 0.803. The Morgan fingerprint density at radius 1 is 1.00 bits per heavy atom. The number of hydrogen-bond acceptors (Lipinski definition) is 4. The van der Waals surface area contributed by atoms with Crippen LogP contribution in [0.2, 0.25) is 0 Å². The summed E-state index contributed by atoms with van der Waals surface area (Å²) >= 11 is 0. The van der Waals surface area contributed by atoms with E-state index < -0.39 is 11.9 Å². The van der Waals surface area contributed by atoms with Crippen molar-refractivity contribution in [2.45, 2.75) is 19.3 Å². The minimum absolute atomic E-state index is 0.0632. The minimum Gasteiger partial charge on any atom is -0.481 e. The highest BCUT2D eigenvalue weighted by molar-refractivity contribution is 5.69. The van der Waals surface area contributed by atoms with Crippen LogP contribution >= 0.6 is 0 Å². The predicted molar refractivity (Wildman–Crippen MR) is 51.2 cm³/mol. The molecule has 1 aromatic rings. The second-order valence-corrected chi connectivity index (χ2v) is 2.55. The van der Waals surface area contributed by atoms with Gasteiger partial charge in [-0.1, -0.05) is 0 Å². The zero-order chi connectivity index (χ0) is 11.5. The Hall–Kier alpha value is -1.98. The Morgan fingerprint density at radius 2 is 1.47 bits per heavy atom. The van der Waals surface area contributed by atoms with Crippen molar-refractivity contribution in [3.8, 4) is 0 Å². The van der Waals surface area contributed by atoms with E-state index in [1.165, 1.54) is 6.33 Å². The second kappa shape index (κ2) is 8.61. The number of carbonyl (C=O) groups is 2. The molecule has 0 unspecified atom stereocenters. The summed E-state index contributed by atoms with van der Waals surface area (Å²) in [5.41, 5.74) is 0. The Labute approximate surface area is 86.6 Å². The third-order valence-corrected chi connectivity index (χ3v) is 1.26. The molecule has 0 aromatic carbocycles. The van der Waals surface area contributed by atoms with Crippen molar-refractivity contribution in [3.05, 3.63) is 24.8 Å². The first-order chi connectivity index (χ1) is 7.13. The molecule has 0 atom stereocenters. The molecule has 0 aliphatic rings. The Kier molecular flexibility index (Phi) is 7.47. The fourth-order valence-corrected chi connectivity index (χ4v) is 0.644. The van der Waals surface area contributed by atoms with E-state index in [1.54, 1.807) is 18.5 Å². The van der Waals surface area contributed by atoms with Crippen LogP contribution in [0.4, 0.5) is 0 Å². The molecule has 82 valence electrons. The van der Waals surface area contributed by atoms with E-state index in [0.717, 1.165) is 0 Å². The van der Waals surface area contributed by atoms with Gasteiger partial charge in [-0.25, -0.2) is 9.97 Å². The molecule has 1 aromatic heterocycles. The molecule has 0 aliphatic heterocycles. The molecule has 0 saturated heterocycles. The van der Waals surface area contributed by atoms with Crippen LogP contribution in [0.3, 0.4) is 0 Å². The molecule has 0 fully saturated rings. The van der Waals surface area contributed by atoms with Crippen molar-refractivity contribution in [2.24, 2.45) is 0 Å². The van der Waals surface area contributed by atoms with Crippen LogP contribution in [0.15, 0.2) is 24.8 Å². The number of aliphatic carboxylic acids is 2. The van der Waals surface area contributed by atoms with Gasteiger partial charge < -0.3 is 10.2 Å². The maximum Gasteiger partial charge on any atom is 0.303 e. The fraction of sp³-hybridized carbons (Fsp3) is 0.333. The average Bonchev–Trinajstić information content (AvgIpc) is 2.20. The van der Waals surface area contributed by atoms with E-state index in [4.69, 9.17) is 10.2 Å². The zero-order valence-electron chi connectivity index (χ0n) is 8.04. The molecule has 1 rings (SSSR count). The average molecular weight is 212 g/mol. The Balaban J connectivity index is 0.000000280. The van der Waals surface area contributed by atoms with Crippen molar-refractivity contribution >= 4 is 11.9 Å². The van der Waals surface area contributed by atoms with Gasteiger partial charge in [-0.3, -0.25) is 9.59 Å². The molecule has 0 bridgehead atoms. The van der Waals surface area contributed by atoms with Crippen molar-refractivity contribution in [3.63, 3.8) is 0 Å². The lowest BCUT2D eigenvalue weighted by molar-refractivity contribution is -0.138. The number of hydrogen-bond donors (Lipinski definition) is 2. The zero-order valence-corrected chi connectivity index (χ0v) is 8.04. The molecular weight excluding hydrogens is 200 g/mol. The van der Waals surface area contributed by atoms with Crippen molar-refractivity contribution in [1.29, 1.82) is 0 Å². The van der Waals surface area contributed by atoms with E-state index in [2.05, 4.69) is 9.97 Å². The third-order valence-electron chi connectivity index (χ3n) is 1.26. The maximum absolute atomic E-state index is 9.79. The van der Waals surface area contributed by atoms with E-state index >= 15 is 0 Å². The lowest BCUT2D eigenvalue weighted by Gasteiger charge is -1.89. The van der Waals surface area contributed by atoms with Gasteiger partial charge in [0.15, 0.2) is 0 Å². The van der Waals surface area contributed by atoms with Crippen molar-refractivity contribution in [1.82, 2.24) is 9.97 Å². The van der Waals surface area contributed by atoms with Crippen molar-refractivity contribution in [2.75, 3.05) is 0 Å². The summed E-state index contributed by atoms with van der Waals surface area (Å²) in [5, 5.41) is 16.1. The van der Waals surface area contributed by atoms with Crippen LogP contribution < -0.4 is 0 Å². The Bertz CT molecular complexity index is 249. The van der Waals surface area contributed by atoms with E-state index in [0.29, 0.717) is 0 Å². The molecule has 0 radical (unpaired) electrons. The lowest BCUT2D eigenvalue weighted by Crippen LogP contribution is -1.98. The normalized spacial score (nSPS) is 8.53. The number of aromatic nitrogens is 2. The monoisotopic (exact) mass is 212 g/mol. The van der Waals surface area contributed by atoms with Gasteiger partial charge in [0.2, 0.25) is 0 Å². The number of nitrogens with zero attached hydrogens (tertiary/aromatic N) is 2. The summed E-state index contributed by atoms with van der Waals surface area (Å²) in [6, 6.07) is 1.78. The first kappa shape index (κ1) is 13.0. The lowest BCUT2D eigenvalue weighted by atomic mass is 10.2. The van der Waals surface area contributed by atoms with Gasteiger partial charge in [0.25, 0.3) is 0 Å².